The maximum absolute atomic E-state index is 13.6. The van der Waals surface area contributed by atoms with Gasteiger partial charge in [0.15, 0.2) is 0 Å². The van der Waals surface area contributed by atoms with Crippen LogP contribution in [-0.4, -0.2) is 18.4 Å². The van der Waals surface area contributed by atoms with Gasteiger partial charge in [-0.25, -0.2) is 0 Å². The lowest BCUT2D eigenvalue weighted by atomic mass is 10.00. The molecule has 6 heteroatoms. The van der Waals surface area contributed by atoms with Gasteiger partial charge >= 0.3 is 0 Å². The number of benzene rings is 2. The number of anilines is 2. The monoisotopic (exact) mass is 410 g/mol. The highest BCUT2D eigenvalue weighted by atomic mass is 35.5. The van der Waals surface area contributed by atoms with E-state index in [2.05, 4.69) is 0 Å². The largest absolute Gasteiger partial charge is 0.301 e. The fourth-order valence-electron chi connectivity index (χ4n) is 3.54. The van der Waals surface area contributed by atoms with Crippen LogP contribution in [0.4, 0.5) is 11.4 Å². The van der Waals surface area contributed by atoms with E-state index in [1.165, 1.54) is 11.3 Å². The molecular weight excluding hydrogens is 392 g/mol. The number of piperazine rings is 1. The highest BCUT2D eigenvalue weighted by Gasteiger charge is 2.42. The standard InChI is InChI=1S/C22H19ClN2O2S/c1-14-4-3-5-19(15(14)2)24-12-20(26)25(18-8-6-17(23)7-9-18)21(22(24)27)16-10-11-28-13-16/h3-11,13,21H,12H2,1-2H3. The Morgan fingerprint density at radius 3 is 2.46 bits per heavy atom. The van der Waals surface area contributed by atoms with Crippen LogP contribution in [-0.2, 0) is 9.59 Å². The van der Waals surface area contributed by atoms with E-state index < -0.39 is 6.04 Å². The Kier molecular flexibility index (Phi) is 4.96. The third kappa shape index (κ3) is 3.21. The van der Waals surface area contributed by atoms with Gasteiger partial charge < -0.3 is 4.90 Å². The first-order valence-corrected chi connectivity index (χ1v) is 10.3. The number of hydrogen-bond donors (Lipinski definition) is 0. The Bertz CT molecular complexity index is 1030. The molecule has 2 heterocycles. The summed E-state index contributed by atoms with van der Waals surface area (Å²) < 4.78 is 0. The normalized spacial score (nSPS) is 17.3. The minimum absolute atomic E-state index is 0.00634. The van der Waals surface area contributed by atoms with Crippen LogP contribution in [0.3, 0.4) is 0 Å². The number of thiophene rings is 1. The molecule has 0 spiro atoms. The molecule has 1 aliphatic rings. The second kappa shape index (κ2) is 7.41. The predicted molar refractivity (Wildman–Crippen MR) is 114 cm³/mol. The summed E-state index contributed by atoms with van der Waals surface area (Å²) in [6.07, 6.45) is 0. The zero-order valence-electron chi connectivity index (χ0n) is 15.6. The van der Waals surface area contributed by atoms with E-state index in [0.717, 1.165) is 22.4 Å². The number of carbonyl (C=O) groups excluding carboxylic acids is 2. The number of amides is 2. The molecule has 1 unspecified atom stereocenters. The van der Waals surface area contributed by atoms with Crippen molar-refractivity contribution in [3.63, 3.8) is 0 Å². The molecule has 4 rings (SSSR count). The van der Waals surface area contributed by atoms with E-state index in [-0.39, 0.29) is 18.4 Å². The maximum Gasteiger partial charge on any atom is 0.255 e. The number of aryl methyl sites for hydroxylation is 1. The van der Waals surface area contributed by atoms with Gasteiger partial charge in [-0.05, 0) is 77.7 Å². The molecule has 2 amide bonds. The van der Waals surface area contributed by atoms with Crippen LogP contribution in [0.15, 0.2) is 59.3 Å². The minimum atomic E-state index is -0.700. The van der Waals surface area contributed by atoms with Gasteiger partial charge in [0.2, 0.25) is 5.91 Å². The number of hydrogen-bond acceptors (Lipinski definition) is 3. The van der Waals surface area contributed by atoms with E-state index in [1.807, 2.05) is 48.9 Å². The highest BCUT2D eigenvalue weighted by Crippen LogP contribution is 2.36. The van der Waals surface area contributed by atoms with E-state index in [1.54, 1.807) is 34.1 Å². The van der Waals surface area contributed by atoms with Crippen LogP contribution in [0.2, 0.25) is 5.02 Å². The number of halogens is 1. The topological polar surface area (TPSA) is 40.6 Å². The van der Waals surface area contributed by atoms with Crippen molar-refractivity contribution in [1.82, 2.24) is 0 Å². The van der Waals surface area contributed by atoms with Crippen molar-refractivity contribution in [3.05, 3.63) is 81.0 Å². The van der Waals surface area contributed by atoms with Crippen molar-refractivity contribution < 1.29 is 9.59 Å². The predicted octanol–water partition coefficient (Wildman–Crippen LogP) is 5.14. The molecule has 28 heavy (non-hydrogen) atoms. The van der Waals surface area contributed by atoms with Gasteiger partial charge in [0.05, 0.1) is 0 Å². The molecule has 1 aromatic heterocycles. The fourth-order valence-corrected chi connectivity index (χ4v) is 4.35. The van der Waals surface area contributed by atoms with Crippen LogP contribution in [0.1, 0.15) is 22.7 Å². The third-order valence-electron chi connectivity index (χ3n) is 5.15. The van der Waals surface area contributed by atoms with E-state index in [4.69, 9.17) is 11.6 Å². The summed E-state index contributed by atoms with van der Waals surface area (Å²) in [6, 6.07) is 14.0. The molecular formula is C22H19ClN2O2S. The van der Waals surface area contributed by atoms with Gasteiger partial charge in [-0.3, -0.25) is 14.5 Å². The first-order chi connectivity index (χ1) is 13.5. The van der Waals surface area contributed by atoms with Crippen molar-refractivity contribution in [3.8, 4) is 0 Å². The van der Waals surface area contributed by atoms with Gasteiger partial charge in [0.25, 0.3) is 5.91 Å². The smallest absolute Gasteiger partial charge is 0.255 e. The van der Waals surface area contributed by atoms with Crippen molar-refractivity contribution in [2.24, 2.45) is 0 Å². The Labute approximate surface area is 173 Å². The second-order valence-electron chi connectivity index (χ2n) is 6.84. The Balaban J connectivity index is 1.81. The molecule has 1 fully saturated rings. The molecule has 1 saturated heterocycles. The first kappa shape index (κ1) is 18.7. The SMILES string of the molecule is Cc1cccc(N2CC(=O)N(c3ccc(Cl)cc3)C(c3ccsc3)C2=O)c1C. The van der Waals surface area contributed by atoms with Crippen molar-refractivity contribution in [1.29, 1.82) is 0 Å². The van der Waals surface area contributed by atoms with Gasteiger partial charge in [-0.2, -0.15) is 11.3 Å². The third-order valence-corrected chi connectivity index (χ3v) is 6.10. The average Bonchev–Trinajstić information content (AvgIpc) is 3.21. The lowest BCUT2D eigenvalue weighted by Crippen LogP contribution is -2.56. The molecule has 0 bridgehead atoms. The van der Waals surface area contributed by atoms with Crippen LogP contribution in [0, 0.1) is 13.8 Å². The lowest BCUT2D eigenvalue weighted by Gasteiger charge is -2.40. The summed E-state index contributed by atoms with van der Waals surface area (Å²) in [5.41, 5.74) is 4.36. The van der Waals surface area contributed by atoms with Crippen LogP contribution < -0.4 is 9.80 Å². The molecule has 142 valence electrons. The summed E-state index contributed by atoms with van der Waals surface area (Å²) in [7, 11) is 0. The number of nitrogens with zero attached hydrogens (tertiary/aromatic N) is 2. The van der Waals surface area contributed by atoms with Gasteiger partial charge in [0.1, 0.15) is 12.6 Å². The van der Waals surface area contributed by atoms with E-state index >= 15 is 0 Å². The maximum atomic E-state index is 13.6. The summed E-state index contributed by atoms with van der Waals surface area (Å²) in [6.45, 7) is 3.99. The molecule has 0 aliphatic carbocycles. The van der Waals surface area contributed by atoms with Gasteiger partial charge in [-0.15, -0.1) is 0 Å². The van der Waals surface area contributed by atoms with Gasteiger partial charge in [-0.1, -0.05) is 23.7 Å². The van der Waals surface area contributed by atoms with E-state index in [9.17, 15) is 9.59 Å². The van der Waals surface area contributed by atoms with Crippen molar-refractivity contribution in [2.45, 2.75) is 19.9 Å². The molecule has 0 radical (unpaired) electrons. The highest BCUT2D eigenvalue weighted by molar-refractivity contribution is 7.08. The molecule has 3 aromatic rings. The van der Waals surface area contributed by atoms with Crippen LogP contribution >= 0.6 is 22.9 Å². The molecule has 0 saturated carbocycles. The van der Waals surface area contributed by atoms with Crippen molar-refractivity contribution in [2.75, 3.05) is 16.3 Å². The summed E-state index contributed by atoms with van der Waals surface area (Å²) in [4.78, 5) is 30.0. The zero-order valence-corrected chi connectivity index (χ0v) is 17.1. The number of rotatable bonds is 3. The lowest BCUT2D eigenvalue weighted by molar-refractivity contribution is -0.128. The number of carbonyl (C=O) groups is 2. The quantitative estimate of drug-likeness (QED) is 0.599. The van der Waals surface area contributed by atoms with E-state index in [0.29, 0.717) is 10.7 Å². The summed E-state index contributed by atoms with van der Waals surface area (Å²) in [5.74, 6) is -0.235. The van der Waals surface area contributed by atoms with Crippen LogP contribution in [0.5, 0.6) is 0 Å². The molecule has 1 aliphatic heterocycles. The average molecular weight is 411 g/mol. The first-order valence-electron chi connectivity index (χ1n) is 8.94. The Hall–Kier alpha value is -2.63. The zero-order chi connectivity index (χ0) is 19.8. The van der Waals surface area contributed by atoms with Crippen molar-refractivity contribution >= 4 is 46.1 Å². The van der Waals surface area contributed by atoms with Crippen LogP contribution in [0.25, 0.3) is 0 Å². The second-order valence-corrected chi connectivity index (χ2v) is 8.06. The Morgan fingerprint density at radius 2 is 1.79 bits per heavy atom. The molecule has 4 nitrogen and oxygen atoms in total. The van der Waals surface area contributed by atoms with Gasteiger partial charge in [0, 0.05) is 16.4 Å². The molecule has 1 atom stereocenters. The molecule has 2 aromatic carbocycles. The minimum Gasteiger partial charge on any atom is -0.301 e. The summed E-state index contributed by atoms with van der Waals surface area (Å²) in [5, 5.41) is 4.43. The molecule has 0 N–H and O–H groups in total. The summed E-state index contributed by atoms with van der Waals surface area (Å²) >= 11 is 7.52. The fraction of sp³-hybridized carbons (Fsp3) is 0.182. The Morgan fingerprint density at radius 1 is 1.04 bits per heavy atom.